The third-order valence-corrected chi connectivity index (χ3v) is 5.12. The zero-order valence-corrected chi connectivity index (χ0v) is 17.6. The highest BCUT2D eigenvalue weighted by Gasteiger charge is 2.09. The fraction of sp³-hybridized carbons (Fsp3) is 0.136. The van der Waals surface area contributed by atoms with Gasteiger partial charge in [0.2, 0.25) is 5.91 Å². The van der Waals surface area contributed by atoms with Gasteiger partial charge in [0.25, 0.3) is 0 Å². The molecule has 2 N–H and O–H groups in total. The zero-order valence-electron chi connectivity index (χ0n) is 16.8. The largest absolute Gasteiger partial charge is 0.493 e. The Bertz CT molecular complexity index is 1320. The number of ether oxygens (including phenoxy) is 2. The topological polar surface area (TPSA) is 106 Å². The van der Waals surface area contributed by atoms with E-state index in [1.165, 1.54) is 17.4 Å². The van der Waals surface area contributed by atoms with Crippen LogP contribution < -0.4 is 20.5 Å². The number of rotatable bonds is 7. The van der Waals surface area contributed by atoms with Crippen LogP contribution in [0.5, 0.6) is 11.5 Å². The number of methoxy groups -OCH3 is 1. The summed E-state index contributed by atoms with van der Waals surface area (Å²) < 4.78 is 15.9. The summed E-state index contributed by atoms with van der Waals surface area (Å²) in [7, 11) is 1.57. The molecule has 0 bridgehead atoms. The van der Waals surface area contributed by atoms with Gasteiger partial charge in [0.1, 0.15) is 0 Å². The number of oxazole rings is 1. The lowest BCUT2D eigenvalue weighted by atomic mass is 10.1. The lowest BCUT2D eigenvalue weighted by Crippen LogP contribution is -2.07. The second-order valence-corrected chi connectivity index (χ2v) is 7.29. The van der Waals surface area contributed by atoms with Gasteiger partial charge in [0, 0.05) is 17.0 Å². The highest BCUT2D eigenvalue weighted by Crippen LogP contribution is 2.29. The number of aromatic amines is 1. The van der Waals surface area contributed by atoms with E-state index in [4.69, 9.17) is 13.9 Å². The quantitative estimate of drug-likeness (QED) is 0.418. The summed E-state index contributed by atoms with van der Waals surface area (Å²) in [5.41, 5.74) is 3.33. The van der Waals surface area contributed by atoms with Crippen molar-refractivity contribution in [1.29, 1.82) is 0 Å². The van der Waals surface area contributed by atoms with Gasteiger partial charge in [0.05, 0.1) is 24.9 Å². The molecule has 9 heteroatoms. The summed E-state index contributed by atoms with van der Waals surface area (Å²) in [6.45, 7) is 2.44. The van der Waals surface area contributed by atoms with Crippen molar-refractivity contribution in [3.8, 4) is 22.8 Å². The predicted octanol–water partition coefficient (Wildman–Crippen LogP) is 4.30. The smallest absolute Gasteiger partial charge is 0.417 e. The molecule has 0 atom stereocenters. The van der Waals surface area contributed by atoms with Crippen LogP contribution in [0.3, 0.4) is 0 Å². The van der Waals surface area contributed by atoms with Crippen LogP contribution in [0.4, 0.5) is 5.13 Å². The predicted molar refractivity (Wildman–Crippen MR) is 120 cm³/mol. The molecular formula is C22H19N3O5S. The average Bonchev–Trinajstić information content (AvgIpc) is 3.38. The molecule has 31 heavy (non-hydrogen) atoms. The number of amides is 1. The van der Waals surface area contributed by atoms with Crippen LogP contribution in [0.25, 0.3) is 28.4 Å². The number of nitrogens with one attached hydrogen (secondary N) is 2. The van der Waals surface area contributed by atoms with Crippen molar-refractivity contribution in [3.63, 3.8) is 0 Å². The fourth-order valence-electron chi connectivity index (χ4n) is 2.95. The number of nitrogens with zero attached hydrogens (tertiary/aromatic N) is 1. The maximum Gasteiger partial charge on any atom is 0.417 e. The molecule has 0 unspecified atom stereocenters. The number of benzene rings is 2. The van der Waals surface area contributed by atoms with Crippen molar-refractivity contribution in [2.45, 2.75) is 6.92 Å². The lowest BCUT2D eigenvalue weighted by Gasteiger charge is -2.09. The van der Waals surface area contributed by atoms with Crippen LogP contribution in [0.2, 0.25) is 0 Å². The molecule has 4 aromatic rings. The van der Waals surface area contributed by atoms with Gasteiger partial charge in [-0.25, -0.2) is 9.78 Å². The van der Waals surface area contributed by atoms with E-state index in [1.807, 2.05) is 24.4 Å². The number of carbonyl (C=O) groups excluding carboxylic acids is 1. The molecule has 0 aliphatic rings. The molecule has 158 valence electrons. The van der Waals surface area contributed by atoms with Crippen LogP contribution in [0, 0.1) is 0 Å². The molecule has 0 saturated carbocycles. The first kappa shape index (κ1) is 20.4. The monoisotopic (exact) mass is 437 g/mol. The van der Waals surface area contributed by atoms with Gasteiger partial charge < -0.3 is 13.9 Å². The van der Waals surface area contributed by atoms with Gasteiger partial charge in [0.15, 0.2) is 22.2 Å². The van der Waals surface area contributed by atoms with Crippen LogP contribution >= 0.6 is 11.3 Å². The molecule has 1 amide bonds. The molecule has 0 aliphatic heterocycles. The minimum atomic E-state index is -0.504. The van der Waals surface area contributed by atoms with Crippen LogP contribution in [-0.4, -0.2) is 29.6 Å². The number of hydrogen-bond acceptors (Lipinski definition) is 7. The third kappa shape index (κ3) is 4.67. The van der Waals surface area contributed by atoms with Crippen LogP contribution in [0.1, 0.15) is 12.5 Å². The minimum absolute atomic E-state index is 0.305. The molecule has 2 aromatic heterocycles. The molecule has 0 radical (unpaired) electrons. The average molecular weight is 437 g/mol. The van der Waals surface area contributed by atoms with E-state index in [9.17, 15) is 9.59 Å². The van der Waals surface area contributed by atoms with E-state index in [2.05, 4.69) is 15.3 Å². The summed E-state index contributed by atoms with van der Waals surface area (Å²) in [6, 6.07) is 10.7. The Hall–Kier alpha value is -3.85. The van der Waals surface area contributed by atoms with Crippen molar-refractivity contribution < 1.29 is 18.7 Å². The Kier molecular flexibility index (Phi) is 5.85. The normalized spacial score (nSPS) is 11.2. The number of anilines is 1. The number of carbonyl (C=O) groups is 1. The molecular weight excluding hydrogens is 418 g/mol. The maximum absolute atomic E-state index is 12.3. The Morgan fingerprint density at radius 1 is 1.26 bits per heavy atom. The van der Waals surface area contributed by atoms with Crippen molar-refractivity contribution in [1.82, 2.24) is 9.97 Å². The zero-order chi connectivity index (χ0) is 21.8. The first-order valence-corrected chi connectivity index (χ1v) is 10.3. The Balaban J connectivity index is 1.44. The Labute approximate surface area is 181 Å². The van der Waals surface area contributed by atoms with Gasteiger partial charge in [-0.1, -0.05) is 12.1 Å². The third-order valence-electron chi connectivity index (χ3n) is 4.37. The number of fused-ring (bicyclic) bond motifs is 1. The molecule has 2 aromatic carbocycles. The highest BCUT2D eigenvalue weighted by molar-refractivity contribution is 7.14. The van der Waals surface area contributed by atoms with E-state index >= 15 is 0 Å². The van der Waals surface area contributed by atoms with E-state index in [0.717, 1.165) is 11.1 Å². The molecule has 0 saturated heterocycles. The SMILES string of the molecule is CCOc1ccc(/C=C/C(=O)Nc2nc(-c3ccc4[nH]c(=O)oc4c3)cs2)cc1OC. The Morgan fingerprint density at radius 2 is 2.13 bits per heavy atom. The molecule has 8 nitrogen and oxygen atoms in total. The Morgan fingerprint density at radius 3 is 2.94 bits per heavy atom. The number of aromatic nitrogens is 2. The summed E-state index contributed by atoms with van der Waals surface area (Å²) >= 11 is 1.30. The maximum atomic E-state index is 12.3. The second kappa shape index (κ2) is 8.88. The first-order chi connectivity index (χ1) is 15.1. The molecule has 0 aliphatic carbocycles. The number of H-pyrrole nitrogens is 1. The van der Waals surface area contributed by atoms with Gasteiger partial charge in [-0.2, -0.15) is 0 Å². The van der Waals surface area contributed by atoms with Gasteiger partial charge in [-0.05, 0) is 42.8 Å². The molecule has 0 fully saturated rings. The summed E-state index contributed by atoms with van der Waals surface area (Å²) in [6.07, 6.45) is 3.11. The van der Waals surface area contributed by atoms with Gasteiger partial charge in [-0.3, -0.25) is 15.1 Å². The standard InChI is InChI=1S/C22H19N3O5S/c1-3-29-17-8-4-13(10-19(17)28-2)5-9-20(26)25-21-23-16(12-31-21)14-6-7-15-18(11-14)30-22(27)24-15/h4-12H,3H2,1-2H3,(H,24,27)(H,23,25,26)/b9-5+. The van der Waals surface area contributed by atoms with Gasteiger partial charge in [-0.15, -0.1) is 11.3 Å². The molecule has 0 spiro atoms. The number of thiazole rings is 1. The van der Waals surface area contributed by atoms with E-state index in [0.29, 0.717) is 40.0 Å². The first-order valence-electron chi connectivity index (χ1n) is 9.44. The lowest BCUT2D eigenvalue weighted by molar-refractivity contribution is -0.111. The van der Waals surface area contributed by atoms with E-state index < -0.39 is 5.76 Å². The van der Waals surface area contributed by atoms with Crippen molar-refractivity contribution in [3.05, 3.63) is 64.0 Å². The summed E-state index contributed by atoms with van der Waals surface area (Å²) in [4.78, 5) is 30.6. The van der Waals surface area contributed by atoms with Crippen LogP contribution in [0.15, 0.2) is 57.1 Å². The second-order valence-electron chi connectivity index (χ2n) is 6.43. The van der Waals surface area contributed by atoms with Crippen molar-refractivity contribution >= 4 is 39.6 Å². The van der Waals surface area contributed by atoms with Crippen molar-refractivity contribution in [2.75, 3.05) is 19.0 Å². The van der Waals surface area contributed by atoms with Crippen LogP contribution in [-0.2, 0) is 4.79 Å². The molecule has 2 heterocycles. The fourth-order valence-corrected chi connectivity index (χ4v) is 3.67. The minimum Gasteiger partial charge on any atom is -0.493 e. The highest BCUT2D eigenvalue weighted by atomic mass is 32.1. The van der Waals surface area contributed by atoms with Crippen molar-refractivity contribution in [2.24, 2.45) is 0 Å². The van der Waals surface area contributed by atoms with E-state index in [-0.39, 0.29) is 5.91 Å². The van der Waals surface area contributed by atoms with Gasteiger partial charge >= 0.3 is 5.76 Å². The van der Waals surface area contributed by atoms with E-state index in [1.54, 1.807) is 37.5 Å². The summed E-state index contributed by atoms with van der Waals surface area (Å²) in [5, 5.41) is 5.03. The summed E-state index contributed by atoms with van der Waals surface area (Å²) in [5.74, 6) is 0.444. The number of hydrogen-bond donors (Lipinski definition) is 2. The molecule has 4 rings (SSSR count).